The molecule has 0 amide bonds. The average molecular weight is 485 g/mol. The van der Waals surface area contributed by atoms with Crippen LogP contribution in [0.15, 0.2) is 66.7 Å². The SMILES string of the molecule is Cc1cc(C)cc(Oc2cccc(N(C[C@H](O)C(F)(F)F)Oc3cccc(C(F)(F)F)c3)c2)c1. The highest BCUT2D eigenvalue weighted by Crippen LogP contribution is 2.33. The molecule has 0 aromatic heterocycles. The fourth-order valence-electron chi connectivity index (χ4n) is 3.14. The number of ether oxygens (including phenoxy) is 1. The van der Waals surface area contributed by atoms with Crippen LogP contribution in [0.1, 0.15) is 16.7 Å². The molecular weight excluding hydrogens is 464 g/mol. The summed E-state index contributed by atoms with van der Waals surface area (Å²) in [4.78, 5) is 5.36. The molecule has 0 aliphatic heterocycles. The quantitative estimate of drug-likeness (QED) is 0.294. The Kier molecular flexibility index (Phi) is 7.30. The van der Waals surface area contributed by atoms with Gasteiger partial charge in [-0.3, -0.25) is 0 Å². The number of anilines is 1. The molecule has 0 aliphatic rings. The number of aliphatic hydroxyl groups is 1. The highest BCUT2D eigenvalue weighted by atomic mass is 19.4. The zero-order valence-electron chi connectivity index (χ0n) is 18.1. The number of hydroxylamine groups is 1. The lowest BCUT2D eigenvalue weighted by molar-refractivity contribution is -0.202. The van der Waals surface area contributed by atoms with Gasteiger partial charge >= 0.3 is 12.4 Å². The minimum Gasteiger partial charge on any atom is -0.457 e. The standard InChI is InChI=1S/C24H21F6NO3/c1-15-9-16(2)11-21(10-15)33-19-7-4-6-18(13-19)31(14-22(32)24(28,29)30)34-20-8-3-5-17(12-20)23(25,26)27/h3-13,22,32H,14H2,1-2H3/t22-/m0/s1. The van der Waals surface area contributed by atoms with Gasteiger partial charge in [-0.1, -0.05) is 18.2 Å². The van der Waals surface area contributed by atoms with E-state index in [1.165, 1.54) is 18.2 Å². The van der Waals surface area contributed by atoms with Gasteiger partial charge in [0, 0.05) is 6.07 Å². The summed E-state index contributed by atoms with van der Waals surface area (Å²) >= 11 is 0. The summed E-state index contributed by atoms with van der Waals surface area (Å²) < 4.78 is 84.0. The molecule has 0 bridgehead atoms. The number of alkyl halides is 6. The first-order valence-electron chi connectivity index (χ1n) is 10.0. The van der Waals surface area contributed by atoms with Crippen molar-refractivity contribution in [2.24, 2.45) is 0 Å². The Morgan fingerprint density at radius 3 is 2.03 bits per heavy atom. The third-order valence-corrected chi connectivity index (χ3v) is 4.63. The average Bonchev–Trinajstić information content (AvgIpc) is 2.71. The molecule has 3 rings (SSSR count). The minimum absolute atomic E-state index is 0.0302. The third kappa shape index (κ3) is 6.80. The summed E-state index contributed by atoms with van der Waals surface area (Å²) in [6, 6.07) is 14.9. The Morgan fingerprint density at radius 1 is 0.794 bits per heavy atom. The summed E-state index contributed by atoms with van der Waals surface area (Å²) in [6.07, 6.45) is -12.5. The van der Waals surface area contributed by atoms with Crippen molar-refractivity contribution in [2.75, 3.05) is 11.6 Å². The molecule has 1 N–H and O–H groups in total. The van der Waals surface area contributed by atoms with Gasteiger partial charge in [-0.15, -0.1) is 0 Å². The van der Waals surface area contributed by atoms with E-state index in [4.69, 9.17) is 9.57 Å². The van der Waals surface area contributed by atoms with Crippen molar-refractivity contribution in [2.45, 2.75) is 32.3 Å². The van der Waals surface area contributed by atoms with Crippen molar-refractivity contribution in [3.05, 3.63) is 83.4 Å². The number of benzene rings is 3. The number of halogens is 6. The summed E-state index contributed by atoms with van der Waals surface area (Å²) in [7, 11) is 0. The van der Waals surface area contributed by atoms with Crippen LogP contribution in [-0.4, -0.2) is 23.9 Å². The van der Waals surface area contributed by atoms with Gasteiger partial charge in [-0.2, -0.15) is 26.3 Å². The number of nitrogens with zero attached hydrogens (tertiary/aromatic N) is 1. The first-order chi connectivity index (χ1) is 15.8. The van der Waals surface area contributed by atoms with Gasteiger partial charge in [-0.05, 0) is 67.4 Å². The predicted molar refractivity (Wildman–Crippen MR) is 114 cm³/mol. The Balaban J connectivity index is 1.92. The Labute approximate surface area is 191 Å². The van der Waals surface area contributed by atoms with Crippen molar-refractivity contribution in [1.82, 2.24) is 0 Å². The monoisotopic (exact) mass is 485 g/mol. The molecule has 0 saturated heterocycles. The van der Waals surface area contributed by atoms with E-state index in [-0.39, 0.29) is 17.2 Å². The maximum absolute atomic E-state index is 13.0. The first-order valence-corrected chi connectivity index (χ1v) is 10.0. The van der Waals surface area contributed by atoms with E-state index in [2.05, 4.69) is 0 Å². The molecule has 0 unspecified atom stereocenters. The van der Waals surface area contributed by atoms with Crippen molar-refractivity contribution < 1.29 is 41.0 Å². The second-order valence-corrected chi connectivity index (χ2v) is 7.66. The lowest BCUT2D eigenvalue weighted by Crippen LogP contribution is -2.42. The van der Waals surface area contributed by atoms with E-state index in [0.29, 0.717) is 16.9 Å². The minimum atomic E-state index is -4.97. The first kappa shape index (κ1) is 25.2. The van der Waals surface area contributed by atoms with Gasteiger partial charge in [0.15, 0.2) is 11.9 Å². The van der Waals surface area contributed by atoms with Gasteiger partial charge < -0.3 is 14.7 Å². The smallest absolute Gasteiger partial charge is 0.416 e. The summed E-state index contributed by atoms with van der Waals surface area (Å²) in [5.74, 6) is 0.391. The molecule has 182 valence electrons. The molecule has 1 atom stereocenters. The largest absolute Gasteiger partial charge is 0.457 e. The maximum atomic E-state index is 13.0. The molecule has 0 saturated carbocycles. The molecule has 0 radical (unpaired) electrons. The van der Waals surface area contributed by atoms with Gasteiger partial charge in [0.25, 0.3) is 0 Å². The molecule has 0 spiro atoms. The zero-order chi connectivity index (χ0) is 25.1. The Hall–Kier alpha value is -3.40. The lowest BCUT2D eigenvalue weighted by atomic mass is 10.1. The molecule has 3 aromatic rings. The van der Waals surface area contributed by atoms with E-state index in [0.717, 1.165) is 29.3 Å². The van der Waals surface area contributed by atoms with E-state index in [1.807, 2.05) is 19.9 Å². The van der Waals surface area contributed by atoms with Crippen molar-refractivity contribution in [1.29, 1.82) is 0 Å². The zero-order valence-corrected chi connectivity index (χ0v) is 18.1. The molecule has 10 heteroatoms. The van der Waals surface area contributed by atoms with Gasteiger partial charge in [0.1, 0.15) is 11.5 Å². The van der Waals surface area contributed by atoms with Crippen LogP contribution < -0.4 is 14.6 Å². The lowest BCUT2D eigenvalue weighted by Gasteiger charge is -2.28. The van der Waals surface area contributed by atoms with Crippen LogP contribution in [0.5, 0.6) is 17.2 Å². The fourth-order valence-corrected chi connectivity index (χ4v) is 3.14. The van der Waals surface area contributed by atoms with Crippen LogP contribution in [0.2, 0.25) is 0 Å². The number of rotatable bonds is 7. The number of aryl methyl sites for hydroxylation is 2. The highest BCUT2D eigenvalue weighted by Gasteiger charge is 2.40. The van der Waals surface area contributed by atoms with E-state index >= 15 is 0 Å². The molecule has 34 heavy (non-hydrogen) atoms. The fraction of sp³-hybridized carbons (Fsp3) is 0.250. The summed E-state index contributed by atoms with van der Waals surface area (Å²) in [5.41, 5.74) is 0.874. The predicted octanol–water partition coefficient (Wildman–Crippen LogP) is 6.84. The van der Waals surface area contributed by atoms with Gasteiger partial charge in [0.2, 0.25) is 0 Å². The molecular formula is C24H21F6NO3. The topological polar surface area (TPSA) is 41.9 Å². The van der Waals surface area contributed by atoms with Crippen LogP contribution >= 0.6 is 0 Å². The molecule has 4 nitrogen and oxygen atoms in total. The number of aliphatic hydroxyl groups excluding tert-OH is 1. The number of hydrogen-bond donors (Lipinski definition) is 1. The maximum Gasteiger partial charge on any atom is 0.416 e. The second-order valence-electron chi connectivity index (χ2n) is 7.66. The Bertz CT molecular complexity index is 1110. The number of hydrogen-bond acceptors (Lipinski definition) is 4. The summed E-state index contributed by atoms with van der Waals surface area (Å²) in [6.45, 7) is 2.66. The summed E-state index contributed by atoms with van der Waals surface area (Å²) in [5, 5.41) is 10.3. The molecule has 0 fully saturated rings. The van der Waals surface area contributed by atoms with Crippen LogP contribution in [-0.2, 0) is 6.18 Å². The Morgan fingerprint density at radius 2 is 1.41 bits per heavy atom. The third-order valence-electron chi connectivity index (χ3n) is 4.63. The van der Waals surface area contributed by atoms with Crippen LogP contribution in [0.3, 0.4) is 0 Å². The van der Waals surface area contributed by atoms with Crippen molar-refractivity contribution in [3.63, 3.8) is 0 Å². The second kappa shape index (κ2) is 9.84. The molecule has 3 aromatic carbocycles. The van der Waals surface area contributed by atoms with E-state index < -0.39 is 30.6 Å². The van der Waals surface area contributed by atoms with Crippen LogP contribution in [0, 0.1) is 13.8 Å². The highest BCUT2D eigenvalue weighted by molar-refractivity contribution is 5.51. The normalized spacial score (nSPS) is 12.9. The van der Waals surface area contributed by atoms with E-state index in [1.54, 1.807) is 18.2 Å². The van der Waals surface area contributed by atoms with E-state index in [9.17, 15) is 31.4 Å². The van der Waals surface area contributed by atoms with Gasteiger partial charge in [-0.25, -0.2) is 5.06 Å². The van der Waals surface area contributed by atoms with Gasteiger partial charge in [0.05, 0.1) is 17.8 Å². The van der Waals surface area contributed by atoms with Crippen molar-refractivity contribution >= 4 is 5.69 Å². The van der Waals surface area contributed by atoms with Crippen LogP contribution in [0.4, 0.5) is 32.0 Å². The van der Waals surface area contributed by atoms with Crippen LogP contribution in [0.25, 0.3) is 0 Å². The molecule has 0 aliphatic carbocycles. The molecule has 0 heterocycles. The van der Waals surface area contributed by atoms with Crippen molar-refractivity contribution in [3.8, 4) is 17.2 Å².